The first-order chi connectivity index (χ1) is 14.0. The van der Waals surface area contributed by atoms with E-state index in [4.69, 9.17) is 9.26 Å². The van der Waals surface area contributed by atoms with Crippen LogP contribution in [0.4, 0.5) is 8.78 Å². The zero-order valence-electron chi connectivity index (χ0n) is 15.0. The number of ether oxygens (including phenoxy) is 2. The molecule has 0 fully saturated rings. The Morgan fingerprint density at radius 2 is 1.86 bits per heavy atom. The largest absolute Gasteiger partial charge is 0.456 e. The van der Waals surface area contributed by atoms with Gasteiger partial charge in [-0.05, 0) is 18.2 Å². The molecule has 0 unspecified atom stereocenters. The van der Waals surface area contributed by atoms with Gasteiger partial charge in [-0.3, -0.25) is 9.59 Å². The standard InChI is InChI=1S/C20H16F2N2O5/c21-20(22)28-15-8-4-7-14(9-15)19(26)23-11-18(25)27-12-16-10-17(24-29-16)13-5-2-1-3-6-13/h1-10,20H,11-12H2,(H,23,26). The van der Waals surface area contributed by atoms with Gasteiger partial charge < -0.3 is 19.3 Å². The Labute approximate surface area is 164 Å². The third-order valence-electron chi connectivity index (χ3n) is 3.72. The van der Waals surface area contributed by atoms with Crippen molar-refractivity contribution >= 4 is 11.9 Å². The van der Waals surface area contributed by atoms with Crippen molar-refractivity contribution in [3.63, 3.8) is 0 Å². The summed E-state index contributed by atoms with van der Waals surface area (Å²) >= 11 is 0. The van der Waals surface area contributed by atoms with Gasteiger partial charge in [0.25, 0.3) is 5.91 Å². The summed E-state index contributed by atoms with van der Waals surface area (Å²) in [5.74, 6) is -1.14. The van der Waals surface area contributed by atoms with Crippen molar-refractivity contribution in [2.45, 2.75) is 13.2 Å². The van der Waals surface area contributed by atoms with Crippen LogP contribution in [-0.2, 0) is 16.1 Å². The van der Waals surface area contributed by atoms with E-state index in [1.807, 2.05) is 30.3 Å². The zero-order valence-corrected chi connectivity index (χ0v) is 15.0. The first kappa shape index (κ1) is 20.0. The summed E-state index contributed by atoms with van der Waals surface area (Å²) in [6.07, 6.45) is 0. The second-order valence-electron chi connectivity index (χ2n) is 5.79. The molecule has 1 aromatic heterocycles. The maximum absolute atomic E-state index is 12.2. The van der Waals surface area contributed by atoms with Crippen molar-refractivity contribution in [3.8, 4) is 17.0 Å². The number of hydrogen-bond donors (Lipinski definition) is 1. The van der Waals surface area contributed by atoms with Crippen molar-refractivity contribution in [1.82, 2.24) is 10.5 Å². The number of hydrogen-bond acceptors (Lipinski definition) is 6. The minimum atomic E-state index is -3.00. The molecule has 9 heteroatoms. The van der Waals surface area contributed by atoms with Crippen LogP contribution in [0, 0.1) is 0 Å². The fourth-order valence-corrected chi connectivity index (χ4v) is 2.40. The van der Waals surface area contributed by atoms with E-state index >= 15 is 0 Å². The number of carbonyl (C=O) groups excluding carboxylic acids is 2. The molecular weight excluding hydrogens is 386 g/mol. The second kappa shape index (κ2) is 9.45. The molecule has 1 N–H and O–H groups in total. The molecule has 0 aliphatic rings. The van der Waals surface area contributed by atoms with Crippen LogP contribution in [0.1, 0.15) is 16.1 Å². The molecule has 0 saturated carbocycles. The lowest BCUT2D eigenvalue weighted by atomic mass is 10.1. The maximum Gasteiger partial charge on any atom is 0.387 e. The van der Waals surface area contributed by atoms with Crippen molar-refractivity contribution in [1.29, 1.82) is 0 Å². The average molecular weight is 402 g/mol. The molecule has 150 valence electrons. The Kier molecular flexibility index (Phi) is 6.51. The number of aromatic nitrogens is 1. The summed E-state index contributed by atoms with van der Waals surface area (Å²) < 4.78 is 38.8. The third-order valence-corrected chi connectivity index (χ3v) is 3.72. The average Bonchev–Trinajstić information content (AvgIpc) is 3.20. The van der Waals surface area contributed by atoms with Crippen LogP contribution in [0.25, 0.3) is 11.3 Å². The molecule has 3 aromatic rings. The van der Waals surface area contributed by atoms with Gasteiger partial charge in [0.2, 0.25) is 0 Å². The van der Waals surface area contributed by atoms with Crippen LogP contribution in [0.15, 0.2) is 65.2 Å². The molecule has 29 heavy (non-hydrogen) atoms. The number of esters is 1. The van der Waals surface area contributed by atoms with Gasteiger partial charge in [0, 0.05) is 17.2 Å². The SMILES string of the molecule is O=C(CNC(=O)c1cccc(OC(F)F)c1)OCc1cc(-c2ccccc2)no1. The molecular formula is C20H16F2N2O5. The van der Waals surface area contributed by atoms with Gasteiger partial charge in [-0.1, -0.05) is 41.6 Å². The van der Waals surface area contributed by atoms with E-state index in [1.165, 1.54) is 18.2 Å². The van der Waals surface area contributed by atoms with Crippen LogP contribution in [0.5, 0.6) is 5.75 Å². The highest BCUT2D eigenvalue weighted by atomic mass is 19.3. The van der Waals surface area contributed by atoms with Gasteiger partial charge in [-0.15, -0.1) is 0 Å². The highest BCUT2D eigenvalue weighted by Gasteiger charge is 2.13. The van der Waals surface area contributed by atoms with Crippen LogP contribution in [0.3, 0.4) is 0 Å². The minimum absolute atomic E-state index is 0.0682. The zero-order chi connectivity index (χ0) is 20.6. The number of amides is 1. The van der Waals surface area contributed by atoms with E-state index in [1.54, 1.807) is 6.07 Å². The van der Waals surface area contributed by atoms with Crippen molar-refractivity contribution in [2.75, 3.05) is 6.54 Å². The summed E-state index contributed by atoms with van der Waals surface area (Å²) in [7, 11) is 0. The molecule has 0 spiro atoms. The van der Waals surface area contributed by atoms with E-state index in [2.05, 4.69) is 15.2 Å². The van der Waals surface area contributed by atoms with Crippen molar-refractivity contribution in [2.24, 2.45) is 0 Å². The van der Waals surface area contributed by atoms with Crippen molar-refractivity contribution < 1.29 is 32.4 Å². The Balaban J connectivity index is 1.47. The smallest absolute Gasteiger partial charge is 0.387 e. The lowest BCUT2D eigenvalue weighted by Gasteiger charge is -2.08. The molecule has 0 saturated heterocycles. The van der Waals surface area contributed by atoms with Crippen LogP contribution >= 0.6 is 0 Å². The number of halogens is 2. The number of nitrogens with one attached hydrogen (secondary N) is 1. The summed E-state index contributed by atoms with van der Waals surface area (Å²) in [5, 5.41) is 6.25. The fraction of sp³-hybridized carbons (Fsp3) is 0.150. The quantitative estimate of drug-likeness (QED) is 0.581. The first-order valence-corrected chi connectivity index (χ1v) is 8.51. The molecule has 0 aliphatic heterocycles. The Hall–Kier alpha value is -3.75. The predicted molar refractivity (Wildman–Crippen MR) is 97.1 cm³/mol. The number of carbonyl (C=O) groups is 2. The van der Waals surface area contributed by atoms with Crippen LogP contribution in [-0.4, -0.2) is 30.2 Å². The van der Waals surface area contributed by atoms with Crippen molar-refractivity contribution in [3.05, 3.63) is 72.0 Å². The molecule has 1 heterocycles. The number of alkyl halides is 2. The van der Waals surface area contributed by atoms with Gasteiger partial charge >= 0.3 is 12.6 Å². The maximum atomic E-state index is 12.2. The molecule has 1 amide bonds. The molecule has 0 aliphatic carbocycles. The molecule has 0 bridgehead atoms. The fourth-order valence-electron chi connectivity index (χ4n) is 2.40. The topological polar surface area (TPSA) is 90.7 Å². The van der Waals surface area contributed by atoms with E-state index < -0.39 is 25.0 Å². The van der Waals surface area contributed by atoms with Gasteiger partial charge in [-0.25, -0.2) is 0 Å². The Bertz CT molecular complexity index is 976. The first-order valence-electron chi connectivity index (χ1n) is 8.51. The Morgan fingerprint density at radius 1 is 1.07 bits per heavy atom. The van der Waals surface area contributed by atoms with Gasteiger partial charge in [0.1, 0.15) is 18.0 Å². The normalized spacial score (nSPS) is 10.6. The molecule has 2 aromatic carbocycles. The number of rotatable bonds is 8. The number of benzene rings is 2. The van der Waals surface area contributed by atoms with E-state index in [-0.39, 0.29) is 17.9 Å². The van der Waals surface area contributed by atoms with Gasteiger partial charge in [0.05, 0.1) is 0 Å². The molecule has 3 rings (SSSR count). The summed E-state index contributed by atoms with van der Waals surface area (Å²) in [4.78, 5) is 23.8. The third kappa shape index (κ3) is 5.86. The van der Waals surface area contributed by atoms with Crippen LogP contribution < -0.4 is 10.1 Å². The summed E-state index contributed by atoms with van der Waals surface area (Å²) in [6, 6.07) is 16.2. The van der Waals surface area contributed by atoms with E-state index in [0.29, 0.717) is 11.5 Å². The van der Waals surface area contributed by atoms with Gasteiger partial charge in [-0.2, -0.15) is 8.78 Å². The Morgan fingerprint density at radius 3 is 2.62 bits per heavy atom. The minimum Gasteiger partial charge on any atom is -0.456 e. The molecule has 0 atom stereocenters. The lowest BCUT2D eigenvalue weighted by Crippen LogP contribution is -2.30. The second-order valence-corrected chi connectivity index (χ2v) is 5.79. The number of nitrogens with zero attached hydrogens (tertiary/aromatic N) is 1. The van der Waals surface area contributed by atoms with E-state index in [9.17, 15) is 18.4 Å². The van der Waals surface area contributed by atoms with E-state index in [0.717, 1.165) is 11.6 Å². The summed E-state index contributed by atoms with van der Waals surface area (Å²) in [5.41, 5.74) is 1.54. The highest BCUT2D eigenvalue weighted by Crippen LogP contribution is 2.19. The highest BCUT2D eigenvalue weighted by molar-refractivity contribution is 5.96. The summed E-state index contributed by atoms with van der Waals surface area (Å²) in [6.45, 7) is -3.55. The predicted octanol–water partition coefficient (Wildman–Crippen LogP) is 3.42. The van der Waals surface area contributed by atoms with Gasteiger partial charge in [0.15, 0.2) is 12.4 Å². The monoisotopic (exact) mass is 402 g/mol. The van der Waals surface area contributed by atoms with Crippen LogP contribution in [0.2, 0.25) is 0 Å². The molecule has 7 nitrogen and oxygen atoms in total. The lowest BCUT2D eigenvalue weighted by molar-refractivity contribution is -0.144. The molecule has 0 radical (unpaired) electrons.